The average Bonchev–Trinajstić information content (AvgIpc) is 2.66. The van der Waals surface area contributed by atoms with Crippen LogP contribution >= 0.6 is 0 Å². The number of unbranched alkanes of at least 4 members (excludes halogenated alkanes) is 1. The number of aliphatic carboxylic acids is 1. The number of carboxylic acid groups (broad SMARTS) is 1. The Labute approximate surface area is 153 Å². The van der Waals surface area contributed by atoms with Gasteiger partial charge in [0.05, 0.1) is 20.1 Å². The van der Waals surface area contributed by atoms with Crippen molar-refractivity contribution in [1.82, 2.24) is 0 Å². The van der Waals surface area contributed by atoms with Crippen LogP contribution in [0.15, 0.2) is 42.5 Å². The molecule has 0 unspecified atom stereocenters. The summed E-state index contributed by atoms with van der Waals surface area (Å²) in [5.74, 6) is -0.154. The molecule has 0 aliphatic rings. The first-order valence-corrected chi connectivity index (χ1v) is 8.72. The summed E-state index contributed by atoms with van der Waals surface area (Å²) in [5.41, 5.74) is 2.09. The second-order valence-corrected chi connectivity index (χ2v) is 5.94. The fourth-order valence-electron chi connectivity index (χ4n) is 2.58. The summed E-state index contributed by atoms with van der Waals surface area (Å²) in [5, 5.41) is 8.81. The Hall–Kier alpha value is -2.82. The van der Waals surface area contributed by atoms with E-state index in [2.05, 4.69) is 6.92 Å². The molecule has 5 heteroatoms. The molecule has 0 heterocycles. The maximum atomic E-state index is 12.4. The van der Waals surface area contributed by atoms with Crippen LogP contribution in [0, 0.1) is 0 Å². The van der Waals surface area contributed by atoms with Gasteiger partial charge in [0.25, 0.3) is 0 Å². The van der Waals surface area contributed by atoms with Gasteiger partial charge in [0, 0.05) is 17.5 Å². The topological polar surface area (TPSA) is 72.8 Å². The van der Waals surface area contributed by atoms with E-state index in [0.717, 1.165) is 24.0 Å². The van der Waals surface area contributed by atoms with Crippen LogP contribution in [0.4, 0.5) is 0 Å². The van der Waals surface area contributed by atoms with Crippen LogP contribution in [0.2, 0.25) is 0 Å². The quantitative estimate of drug-likeness (QED) is 0.498. The number of carboxylic acids is 1. The molecule has 138 valence electrons. The van der Waals surface area contributed by atoms with Gasteiger partial charge in [-0.1, -0.05) is 43.7 Å². The number of rotatable bonds is 10. The van der Waals surface area contributed by atoms with Crippen molar-refractivity contribution in [2.75, 3.05) is 13.7 Å². The van der Waals surface area contributed by atoms with Gasteiger partial charge in [0.15, 0.2) is 17.3 Å². The lowest BCUT2D eigenvalue weighted by Gasteiger charge is -2.17. The Morgan fingerprint density at radius 2 is 1.81 bits per heavy atom. The molecule has 0 amide bonds. The number of hydrogen-bond donors (Lipinski definition) is 1. The molecule has 0 saturated carbocycles. The number of ketones is 1. The number of carbonyl (C=O) groups is 2. The van der Waals surface area contributed by atoms with Crippen LogP contribution < -0.4 is 9.47 Å². The summed E-state index contributed by atoms with van der Waals surface area (Å²) in [6, 6.07) is 13.0. The first kappa shape index (κ1) is 19.5. The third-order valence-electron chi connectivity index (χ3n) is 3.99. The predicted octanol–water partition coefficient (Wildman–Crippen LogP) is 4.59. The van der Waals surface area contributed by atoms with Gasteiger partial charge in [-0.15, -0.1) is 0 Å². The van der Waals surface area contributed by atoms with Crippen molar-refractivity contribution in [2.45, 2.75) is 32.6 Å². The normalized spacial score (nSPS) is 10.4. The molecule has 0 atom stereocenters. The van der Waals surface area contributed by atoms with Gasteiger partial charge in [-0.25, -0.2) is 0 Å². The van der Waals surface area contributed by atoms with Gasteiger partial charge in [-0.3, -0.25) is 9.59 Å². The highest BCUT2D eigenvalue weighted by molar-refractivity contribution is 5.99. The average molecular weight is 356 g/mol. The smallest absolute Gasteiger partial charge is 0.303 e. The molecule has 2 aromatic rings. The minimum absolute atomic E-state index is 0.0528. The number of Topliss-reactive ketones (excluding diaryl/α,β-unsaturated/α-hetero) is 1. The number of benzene rings is 2. The lowest BCUT2D eigenvalue weighted by molar-refractivity contribution is -0.136. The monoisotopic (exact) mass is 356 g/mol. The van der Waals surface area contributed by atoms with E-state index in [9.17, 15) is 9.59 Å². The zero-order valence-corrected chi connectivity index (χ0v) is 15.2. The molecule has 26 heavy (non-hydrogen) atoms. The zero-order chi connectivity index (χ0) is 18.9. The number of methoxy groups -OCH3 is 1. The molecule has 2 rings (SSSR count). The molecule has 1 N–H and O–H groups in total. The van der Waals surface area contributed by atoms with Gasteiger partial charge in [-0.05, 0) is 24.1 Å². The van der Waals surface area contributed by atoms with Crippen LogP contribution in [0.1, 0.15) is 43.0 Å². The van der Waals surface area contributed by atoms with Gasteiger partial charge in [0.1, 0.15) is 0 Å². The van der Waals surface area contributed by atoms with Crippen molar-refractivity contribution in [2.24, 2.45) is 0 Å². The molecule has 0 fully saturated rings. The Balaban J connectivity index is 2.46. The third-order valence-corrected chi connectivity index (χ3v) is 3.99. The Kier molecular flexibility index (Phi) is 7.21. The van der Waals surface area contributed by atoms with Gasteiger partial charge < -0.3 is 14.6 Å². The fraction of sp³-hybridized carbons (Fsp3) is 0.333. The minimum atomic E-state index is -0.992. The molecule has 0 aliphatic heterocycles. The van der Waals surface area contributed by atoms with E-state index in [1.54, 1.807) is 12.1 Å². The summed E-state index contributed by atoms with van der Waals surface area (Å²) < 4.78 is 11.4. The fourth-order valence-corrected chi connectivity index (χ4v) is 2.58. The molecular weight excluding hydrogens is 332 g/mol. The third kappa shape index (κ3) is 5.09. The lowest BCUT2D eigenvalue weighted by Crippen LogP contribution is -2.06. The van der Waals surface area contributed by atoms with E-state index in [-0.39, 0.29) is 18.6 Å². The van der Waals surface area contributed by atoms with E-state index in [0.29, 0.717) is 23.7 Å². The predicted molar refractivity (Wildman–Crippen MR) is 100 cm³/mol. The van der Waals surface area contributed by atoms with Crippen molar-refractivity contribution in [3.63, 3.8) is 0 Å². The lowest BCUT2D eigenvalue weighted by atomic mass is 9.98. The van der Waals surface area contributed by atoms with E-state index in [1.807, 2.05) is 30.3 Å². The molecule has 0 aromatic heterocycles. The van der Waals surface area contributed by atoms with Gasteiger partial charge in [-0.2, -0.15) is 0 Å². The summed E-state index contributed by atoms with van der Waals surface area (Å²) in [6.45, 7) is 2.64. The minimum Gasteiger partial charge on any atom is -0.493 e. The largest absolute Gasteiger partial charge is 0.493 e. The Morgan fingerprint density at radius 3 is 2.42 bits per heavy atom. The van der Waals surface area contributed by atoms with Crippen molar-refractivity contribution in [1.29, 1.82) is 0 Å². The molecule has 0 aliphatic carbocycles. The Morgan fingerprint density at radius 1 is 1.08 bits per heavy atom. The maximum Gasteiger partial charge on any atom is 0.303 e. The van der Waals surface area contributed by atoms with Gasteiger partial charge in [0.2, 0.25) is 0 Å². The molecule has 0 spiro atoms. The standard InChI is InChI=1S/C21H24O5/c1-3-4-12-26-21-17(15-8-6-5-7-9-15)13-16(14-19(21)25-2)18(22)10-11-20(23)24/h5-9,13-14H,3-4,10-12H2,1-2H3,(H,23,24). The van der Waals surface area contributed by atoms with Crippen LogP contribution in [-0.2, 0) is 4.79 Å². The first-order chi connectivity index (χ1) is 12.6. The molecular formula is C21H24O5. The molecule has 2 aromatic carbocycles. The van der Waals surface area contributed by atoms with Crippen LogP contribution in [0.5, 0.6) is 11.5 Å². The van der Waals surface area contributed by atoms with Crippen molar-refractivity contribution < 1.29 is 24.2 Å². The van der Waals surface area contributed by atoms with E-state index < -0.39 is 5.97 Å². The highest BCUT2D eigenvalue weighted by atomic mass is 16.5. The van der Waals surface area contributed by atoms with E-state index >= 15 is 0 Å². The van der Waals surface area contributed by atoms with E-state index in [1.165, 1.54) is 7.11 Å². The SMILES string of the molecule is CCCCOc1c(OC)cc(C(=O)CCC(=O)O)cc1-c1ccccc1. The number of ether oxygens (including phenoxy) is 2. The number of hydrogen-bond acceptors (Lipinski definition) is 4. The molecule has 0 saturated heterocycles. The summed E-state index contributed by atoms with van der Waals surface area (Å²) in [7, 11) is 1.53. The van der Waals surface area contributed by atoms with E-state index in [4.69, 9.17) is 14.6 Å². The summed E-state index contributed by atoms with van der Waals surface area (Å²) >= 11 is 0. The second-order valence-electron chi connectivity index (χ2n) is 5.94. The molecule has 5 nitrogen and oxygen atoms in total. The van der Waals surface area contributed by atoms with Crippen LogP contribution in [0.3, 0.4) is 0 Å². The van der Waals surface area contributed by atoms with Crippen LogP contribution in [-0.4, -0.2) is 30.6 Å². The number of carbonyl (C=O) groups excluding carboxylic acids is 1. The summed E-state index contributed by atoms with van der Waals surface area (Å²) in [4.78, 5) is 23.2. The van der Waals surface area contributed by atoms with Crippen molar-refractivity contribution >= 4 is 11.8 Å². The highest BCUT2D eigenvalue weighted by Crippen LogP contribution is 2.40. The highest BCUT2D eigenvalue weighted by Gasteiger charge is 2.18. The zero-order valence-electron chi connectivity index (χ0n) is 15.2. The first-order valence-electron chi connectivity index (χ1n) is 8.72. The molecule has 0 radical (unpaired) electrons. The van der Waals surface area contributed by atoms with Crippen LogP contribution in [0.25, 0.3) is 11.1 Å². The molecule has 0 bridgehead atoms. The van der Waals surface area contributed by atoms with Gasteiger partial charge >= 0.3 is 5.97 Å². The van der Waals surface area contributed by atoms with Crippen molar-refractivity contribution in [3.05, 3.63) is 48.0 Å². The summed E-state index contributed by atoms with van der Waals surface area (Å²) in [6.07, 6.45) is 1.67. The maximum absolute atomic E-state index is 12.4. The van der Waals surface area contributed by atoms with Crippen molar-refractivity contribution in [3.8, 4) is 22.6 Å². The Bertz CT molecular complexity index is 752. The second kappa shape index (κ2) is 9.61.